The van der Waals surface area contributed by atoms with Crippen molar-refractivity contribution in [3.8, 4) is 0 Å². The molecule has 2 rings (SSSR count). The summed E-state index contributed by atoms with van der Waals surface area (Å²) in [5.41, 5.74) is 1.00. The molecular formula is C14H20O4. The van der Waals surface area contributed by atoms with Crippen LogP contribution in [0, 0.1) is 5.41 Å². The number of ether oxygens (including phenoxy) is 1. The van der Waals surface area contributed by atoms with Gasteiger partial charge in [0.2, 0.25) is 0 Å². The minimum atomic E-state index is -0.759. The van der Waals surface area contributed by atoms with Crippen molar-refractivity contribution in [3.63, 3.8) is 0 Å². The van der Waals surface area contributed by atoms with Crippen LogP contribution in [-0.2, 0) is 14.3 Å². The van der Waals surface area contributed by atoms with E-state index in [0.717, 1.165) is 37.7 Å². The van der Waals surface area contributed by atoms with Crippen LogP contribution in [0.25, 0.3) is 0 Å². The summed E-state index contributed by atoms with van der Waals surface area (Å²) in [6.07, 6.45) is 6.17. The van der Waals surface area contributed by atoms with Crippen LogP contribution < -0.4 is 0 Å². The van der Waals surface area contributed by atoms with E-state index in [1.54, 1.807) is 7.11 Å². The zero-order valence-electron chi connectivity index (χ0n) is 10.8. The van der Waals surface area contributed by atoms with Gasteiger partial charge in [-0.05, 0) is 43.1 Å². The van der Waals surface area contributed by atoms with Gasteiger partial charge >= 0.3 is 5.97 Å². The average molecular weight is 252 g/mol. The second kappa shape index (κ2) is 5.12. The van der Waals surface area contributed by atoms with E-state index in [1.165, 1.54) is 0 Å². The van der Waals surface area contributed by atoms with Crippen LogP contribution in [0.15, 0.2) is 11.3 Å². The monoisotopic (exact) mass is 252 g/mol. The van der Waals surface area contributed by atoms with Crippen LogP contribution in [-0.4, -0.2) is 24.0 Å². The van der Waals surface area contributed by atoms with Crippen LogP contribution in [0.3, 0.4) is 0 Å². The van der Waals surface area contributed by atoms with Crippen molar-refractivity contribution in [3.05, 3.63) is 11.3 Å². The Balaban J connectivity index is 2.32. The molecule has 100 valence electrons. The third kappa shape index (κ3) is 2.28. The first-order valence-electron chi connectivity index (χ1n) is 6.62. The number of rotatable bonds is 4. The molecule has 2 aliphatic rings. The minimum Gasteiger partial charge on any atom is -0.493 e. The van der Waals surface area contributed by atoms with Crippen LogP contribution >= 0.6 is 0 Å². The van der Waals surface area contributed by atoms with Crippen LogP contribution in [0.4, 0.5) is 0 Å². The van der Waals surface area contributed by atoms with Gasteiger partial charge in [-0.2, -0.15) is 0 Å². The second-order valence-electron chi connectivity index (χ2n) is 5.32. The van der Waals surface area contributed by atoms with Gasteiger partial charge in [0, 0.05) is 12.8 Å². The van der Waals surface area contributed by atoms with Crippen LogP contribution in [0.5, 0.6) is 0 Å². The number of hydrogen-bond acceptors (Lipinski definition) is 3. The zero-order valence-corrected chi connectivity index (χ0v) is 10.8. The standard InChI is InChI=1S/C14H20O4/c1-18-13-10-4-2-3-7-14(10,8-5-11(13)15)9-6-12(16)17/h2-9H2,1H3,(H,16,17). The quantitative estimate of drug-likeness (QED) is 0.835. The van der Waals surface area contributed by atoms with E-state index in [2.05, 4.69) is 0 Å². The molecule has 1 atom stereocenters. The van der Waals surface area contributed by atoms with E-state index >= 15 is 0 Å². The molecule has 0 radical (unpaired) electrons. The van der Waals surface area contributed by atoms with Crippen molar-refractivity contribution in [1.82, 2.24) is 0 Å². The number of allylic oxidation sites excluding steroid dienone is 2. The first-order chi connectivity index (χ1) is 8.59. The number of ketones is 1. The van der Waals surface area contributed by atoms with Gasteiger partial charge < -0.3 is 9.84 Å². The SMILES string of the molecule is COC1=C2CCCCC2(CCC(=O)O)CCC1=O. The molecule has 0 amide bonds. The van der Waals surface area contributed by atoms with E-state index in [-0.39, 0.29) is 17.6 Å². The molecule has 0 bridgehead atoms. The number of hydrogen-bond donors (Lipinski definition) is 1. The number of methoxy groups -OCH3 is 1. The van der Waals surface area contributed by atoms with Gasteiger partial charge in [-0.1, -0.05) is 6.42 Å². The highest BCUT2D eigenvalue weighted by molar-refractivity contribution is 5.95. The van der Waals surface area contributed by atoms with Crippen LogP contribution in [0.1, 0.15) is 51.4 Å². The maximum Gasteiger partial charge on any atom is 0.303 e. The van der Waals surface area contributed by atoms with Crippen molar-refractivity contribution < 1.29 is 19.4 Å². The molecule has 1 unspecified atom stereocenters. The number of fused-ring (bicyclic) bond motifs is 1. The summed E-state index contributed by atoms with van der Waals surface area (Å²) in [6, 6.07) is 0. The van der Waals surface area contributed by atoms with E-state index in [0.29, 0.717) is 18.6 Å². The third-order valence-electron chi connectivity index (χ3n) is 4.35. The number of aliphatic carboxylic acids is 1. The fourth-order valence-corrected chi connectivity index (χ4v) is 3.43. The van der Waals surface area contributed by atoms with Gasteiger partial charge in [0.15, 0.2) is 11.5 Å². The number of Topliss-reactive ketones (excluding diaryl/α,β-unsaturated/α-hetero) is 1. The lowest BCUT2D eigenvalue weighted by molar-refractivity contribution is -0.137. The Morgan fingerprint density at radius 3 is 2.78 bits per heavy atom. The Kier molecular flexibility index (Phi) is 3.73. The first-order valence-corrected chi connectivity index (χ1v) is 6.62. The van der Waals surface area contributed by atoms with Crippen molar-refractivity contribution >= 4 is 11.8 Å². The number of carbonyl (C=O) groups excluding carboxylic acids is 1. The molecule has 1 fully saturated rings. The molecule has 1 N–H and O–H groups in total. The average Bonchev–Trinajstić information content (AvgIpc) is 2.37. The fraction of sp³-hybridized carbons (Fsp3) is 0.714. The molecule has 0 spiro atoms. The summed E-state index contributed by atoms with van der Waals surface area (Å²) < 4.78 is 5.29. The molecule has 4 nitrogen and oxygen atoms in total. The van der Waals surface area contributed by atoms with Crippen LogP contribution in [0.2, 0.25) is 0 Å². The number of carbonyl (C=O) groups is 2. The van der Waals surface area contributed by atoms with Gasteiger partial charge in [-0.3, -0.25) is 9.59 Å². The smallest absolute Gasteiger partial charge is 0.303 e. The van der Waals surface area contributed by atoms with Crippen molar-refractivity contribution in [2.75, 3.05) is 7.11 Å². The van der Waals surface area contributed by atoms with E-state index in [4.69, 9.17) is 9.84 Å². The molecule has 18 heavy (non-hydrogen) atoms. The Bertz CT molecular complexity index is 397. The Labute approximate surface area is 107 Å². The number of carboxylic acids is 1. The van der Waals surface area contributed by atoms with Crippen molar-refractivity contribution in [2.24, 2.45) is 5.41 Å². The highest BCUT2D eigenvalue weighted by Gasteiger charge is 2.43. The summed E-state index contributed by atoms with van der Waals surface area (Å²) >= 11 is 0. The van der Waals surface area contributed by atoms with E-state index in [9.17, 15) is 9.59 Å². The Hall–Kier alpha value is -1.32. The predicted molar refractivity (Wildman–Crippen MR) is 66.0 cm³/mol. The minimum absolute atomic E-state index is 0.0837. The fourth-order valence-electron chi connectivity index (χ4n) is 3.43. The third-order valence-corrected chi connectivity index (χ3v) is 4.35. The molecule has 0 saturated heterocycles. The van der Waals surface area contributed by atoms with Crippen molar-refractivity contribution in [1.29, 1.82) is 0 Å². The molecular weight excluding hydrogens is 232 g/mol. The molecule has 2 aliphatic carbocycles. The van der Waals surface area contributed by atoms with E-state index < -0.39 is 5.97 Å². The lowest BCUT2D eigenvalue weighted by atomic mass is 9.62. The van der Waals surface area contributed by atoms with Gasteiger partial charge in [0.1, 0.15) is 0 Å². The molecule has 1 saturated carbocycles. The highest BCUT2D eigenvalue weighted by Crippen LogP contribution is 2.51. The first kappa shape index (κ1) is 13.1. The molecule has 4 heteroatoms. The Morgan fingerprint density at radius 1 is 1.33 bits per heavy atom. The Morgan fingerprint density at radius 2 is 2.11 bits per heavy atom. The molecule has 0 aliphatic heterocycles. The van der Waals surface area contributed by atoms with Gasteiger partial charge in [0.25, 0.3) is 0 Å². The van der Waals surface area contributed by atoms with Crippen molar-refractivity contribution in [2.45, 2.75) is 51.4 Å². The highest BCUT2D eigenvalue weighted by atomic mass is 16.5. The zero-order chi connectivity index (χ0) is 13.2. The normalized spacial score (nSPS) is 27.9. The second-order valence-corrected chi connectivity index (χ2v) is 5.32. The summed E-state index contributed by atoms with van der Waals surface area (Å²) in [5, 5.41) is 8.89. The van der Waals surface area contributed by atoms with E-state index in [1.807, 2.05) is 0 Å². The summed E-state index contributed by atoms with van der Waals surface area (Å²) in [4.78, 5) is 22.7. The molecule has 0 aromatic carbocycles. The summed E-state index contributed by atoms with van der Waals surface area (Å²) in [7, 11) is 1.54. The molecule has 0 aromatic heterocycles. The maximum atomic E-state index is 11.9. The topological polar surface area (TPSA) is 63.6 Å². The molecule has 0 aromatic rings. The maximum absolute atomic E-state index is 11.9. The number of carboxylic acid groups (broad SMARTS) is 1. The lowest BCUT2D eigenvalue weighted by Crippen LogP contribution is -2.35. The predicted octanol–water partition coefficient (Wildman–Crippen LogP) is 2.68. The summed E-state index contributed by atoms with van der Waals surface area (Å²) in [6.45, 7) is 0. The lowest BCUT2D eigenvalue weighted by Gasteiger charge is -2.43. The van der Waals surface area contributed by atoms with Gasteiger partial charge in [-0.15, -0.1) is 0 Å². The molecule has 0 heterocycles. The summed E-state index contributed by atoms with van der Waals surface area (Å²) in [5.74, 6) is -0.156. The largest absolute Gasteiger partial charge is 0.493 e. The van der Waals surface area contributed by atoms with Gasteiger partial charge in [0.05, 0.1) is 7.11 Å². The van der Waals surface area contributed by atoms with Gasteiger partial charge in [-0.25, -0.2) is 0 Å².